The minimum Gasteiger partial charge on any atom is -0.335 e. The molecule has 0 atom stereocenters. The Balaban J connectivity index is 1.56. The molecule has 25 heavy (non-hydrogen) atoms. The lowest BCUT2D eigenvalue weighted by Crippen LogP contribution is -2.41. The van der Waals surface area contributed by atoms with E-state index < -0.39 is 0 Å². The molecule has 6 heteroatoms. The first-order valence-corrected chi connectivity index (χ1v) is 8.59. The van der Waals surface area contributed by atoms with Gasteiger partial charge in [-0.05, 0) is 24.3 Å². The summed E-state index contributed by atoms with van der Waals surface area (Å²) in [6.45, 7) is 0. The number of thiophene rings is 1. The van der Waals surface area contributed by atoms with Gasteiger partial charge in [-0.1, -0.05) is 36.4 Å². The molecule has 2 heterocycles. The minimum atomic E-state index is -0.347. The second-order valence-corrected chi connectivity index (χ2v) is 6.71. The van der Waals surface area contributed by atoms with Gasteiger partial charge >= 0.3 is 0 Å². The third-order valence-corrected chi connectivity index (χ3v) is 5.33. The van der Waals surface area contributed by atoms with E-state index in [4.69, 9.17) is 0 Å². The largest absolute Gasteiger partial charge is 0.335 e. The van der Waals surface area contributed by atoms with Gasteiger partial charge in [0.05, 0.1) is 4.88 Å². The zero-order valence-corrected chi connectivity index (χ0v) is 14.3. The van der Waals surface area contributed by atoms with E-state index in [0.29, 0.717) is 10.4 Å². The van der Waals surface area contributed by atoms with Gasteiger partial charge in [-0.2, -0.15) is 0 Å². The van der Waals surface area contributed by atoms with Crippen molar-refractivity contribution in [2.24, 2.45) is 7.05 Å². The maximum atomic E-state index is 12.4. The molecule has 2 aromatic carbocycles. The summed E-state index contributed by atoms with van der Waals surface area (Å²) in [5.41, 5.74) is 6.55. The Morgan fingerprint density at radius 1 is 0.880 bits per heavy atom. The number of rotatable bonds is 2. The summed E-state index contributed by atoms with van der Waals surface area (Å²) < 4.78 is 2.08. The van der Waals surface area contributed by atoms with E-state index in [1.165, 1.54) is 11.3 Å². The molecule has 4 rings (SSSR count). The molecule has 2 N–H and O–H groups in total. The van der Waals surface area contributed by atoms with Crippen LogP contribution in [0.2, 0.25) is 0 Å². The van der Waals surface area contributed by atoms with Gasteiger partial charge in [0, 0.05) is 28.9 Å². The fraction of sp³-hybridized carbons (Fsp3) is 0.0526. The highest BCUT2D eigenvalue weighted by atomic mass is 32.1. The fourth-order valence-electron chi connectivity index (χ4n) is 2.88. The molecule has 0 bridgehead atoms. The van der Waals surface area contributed by atoms with Crippen LogP contribution >= 0.6 is 11.3 Å². The minimum absolute atomic E-state index is 0.324. The Morgan fingerprint density at radius 2 is 1.56 bits per heavy atom. The maximum absolute atomic E-state index is 12.4. The molecule has 124 valence electrons. The zero-order valence-electron chi connectivity index (χ0n) is 13.4. The second kappa shape index (κ2) is 6.07. The number of carbonyl (C=O) groups excluding carboxylic acids is 2. The molecule has 0 aliphatic rings. The quantitative estimate of drug-likeness (QED) is 0.544. The molecular weight excluding hydrogens is 334 g/mol. The Bertz CT molecular complexity index is 1100. The van der Waals surface area contributed by atoms with Gasteiger partial charge in [0.25, 0.3) is 11.8 Å². The van der Waals surface area contributed by atoms with Crippen LogP contribution in [0.15, 0.2) is 60.7 Å². The van der Waals surface area contributed by atoms with Crippen LogP contribution in [0.1, 0.15) is 20.0 Å². The number of hydrogen-bond donors (Lipinski definition) is 2. The summed E-state index contributed by atoms with van der Waals surface area (Å²) in [6.07, 6.45) is 0. The van der Waals surface area contributed by atoms with E-state index in [9.17, 15) is 9.59 Å². The Hall–Kier alpha value is -3.12. The number of carbonyl (C=O) groups is 2. The highest BCUT2D eigenvalue weighted by Gasteiger charge is 2.16. The first kappa shape index (κ1) is 15.4. The number of para-hydroxylation sites is 1. The maximum Gasteiger partial charge on any atom is 0.279 e. The molecule has 0 unspecified atom stereocenters. The number of amides is 2. The van der Waals surface area contributed by atoms with Gasteiger partial charge in [0.1, 0.15) is 4.83 Å². The van der Waals surface area contributed by atoms with E-state index in [1.54, 1.807) is 24.3 Å². The lowest BCUT2D eigenvalue weighted by atomic mass is 10.2. The molecule has 0 aliphatic carbocycles. The standard InChI is InChI=1S/C19H15N3O2S/c1-22-15-10-6-5-9-13(15)14-11-16(25-19(14)22)18(24)21-20-17(23)12-7-3-2-4-8-12/h2-11H,1H3,(H,20,23)(H,21,24). The fourth-order valence-corrected chi connectivity index (χ4v) is 3.92. The van der Waals surface area contributed by atoms with E-state index in [0.717, 1.165) is 21.1 Å². The monoisotopic (exact) mass is 349 g/mol. The van der Waals surface area contributed by atoms with Crippen LogP contribution in [-0.2, 0) is 7.05 Å². The lowest BCUT2D eigenvalue weighted by Gasteiger charge is -2.06. The highest BCUT2D eigenvalue weighted by molar-refractivity contribution is 7.20. The van der Waals surface area contributed by atoms with Gasteiger partial charge in [-0.25, -0.2) is 0 Å². The zero-order chi connectivity index (χ0) is 17.4. The van der Waals surface area contributed by atoms with Crippen LogP contribution in [0, 0.1) is 0 Å². The highest BCUT2D eigenvalue weighted by Crippen LogP contribution is 2.34. The molecule has 5 nitrogen and oxygen atoms in total. The van der Waals surface area contributed by atoms with Gasteiger partial charge in [-0.15, -0.1) is 11.3 Å². The van der Waals surface area contributed by atoms with Gasteiger partial charge in [-0.3, -0.25) is 20.4 Å². The van der Waals surface area contributed by atoms with Crippen molar-refractivity contribution in [1.29, 1.82) is 0 Å². The molecule has 0 aliphatic heterocycles. The molecule has 2 aromatic heterocycles. The molecule has 0 spiro atoms. The van der Waals surface area contributed by atoms with Crippen molar-refractivity contribution in [3.8, 4) is 0 Å². The van der Waals surface area contributed by atoms with Crippen LogP contribution in [0.25, 0.3) is 21.1 Å². The van der Waals surface area contributed by atoms with Crippen LogP contribution in [0.5, 0.6) is 0 Å². The summed E-state index contributed by atoms with van der Waals surface area (Å²) in [5, 5.41) is 2.16. The third kappa shape index (κ3) is 2.66. The van der Waals surface area contributed by atoms with Gasteiger partial charge in [0.15, 0.2) is 0 Å². The summed E-state index contributed by atoms with van der Waals surface area (Å²) in [6, 6.07) is 18.7. The smallest absolute Gasteiger partial charge is 0.279 e. The summed E-state index contributed by atoms with van der Waals surface area (Å²) >= 11 is 1.40. The number of aromatic nitrogens is 1. The number of hydrazine groups is 1. The lowest BCUT2D eigenvalue weighted by molar-refractivity contribution is 0.0849. The van der Waals surface area contributed by atoms with Crippen LogP contribution < -0.4 is 10.9 Å². The predicted octanol–water partition coefficient (Wildman–Crippen LogP) is 3.47. The van der Waals surface area contributed by atoms with Crippen molar-refractivity contribution in [2.45, 2.75) is 0 Å². The first-order valence-electron chi connectivity index (χ1n) is 7.78. The van der Waals surface area contributed by atoms with E-state index >= 15 is 0 Å². The van der Waals surface area contributed by atoms with Gasteiger partial charge in [0.2, 0.25) is 0 Å². The SMILES string of the molecule is Cn1c2ccccc2c2cc(C(=O)NNC(=O)c3ccccc3)sc21. The third-order valence-electron chi connectivity index (χ3n) is 4.12. The van der Waals surface area contributed by atoms with E-state index in [-0.39, 0.29) is 11.8 Å². The number of aryl methyl sites for hydroxylation is 1. The number of benzene rings is 2. The number of nitrogens with zero attached hydrogens (tertiary/aromatic N) is 1. The van der Waals surface area contributed by atoms with Gasteiger partial charge < -0.3 is 4.57 Å². The topological polar surface area (TPSA) is 63.1 Å². The van der Waals surface area contributed by atoms with Crippen molar-refractivity contribution in [3.05, 3.63) is 71.1 Å². The summed E-state index contributed by atoms with van der Waals surface area (Å²) in [7, 11) is 1.99. The van der Waals surface area contributed by atoms with Crippen LogP contribution in [-0.4, -0.2) is 16.4 Å². The van der Waals surface area contributed by atoms with Crippen molar-refractivity contribution < 1.29 is 9.59 Å². The number of hydrogen-bond acceptors (Lipinski definition) is 3. The normalized spacial score (nSPS) is 10.9. The van der Waals surface area contributed by atoms with Crippen molar-refractivity contribution >= 4 is 44.3 Å². The molecular formula is C19H15N3O2S. The predicted molar refractivity (Wildman–Crippen MR) is 99.7 cm³/mol. The molecule has 0 radical (unpaired) electrons. The molecule has 2 amide bonds. The summed E-state index contributed by atoms with van der Waals surface area (Å²) in [5.74, 6) is -0.671. The molecule has 0 saturated heterocycles. The molecule has 0 saturated carbocycles. The summed E-state index contributed by atoms with van der Waals surface area (Å²) in [4.78, 5) is 26.0. The van der Waals surface area contributed by atoms with Crippen molar-refractivity contribution in [1.82, 2.24) is 15.4 Å². The Kier molecular flexibility index (Phi) is 3.74. The average molecular weight is 349 g/mol. The van der Waals surface area contributed by atoms with Crippen LogP contribution in [0.4, 0.5) is 0 Å². The van der Waals surface area contributed by atoms with Crippen molar-refractivity contribution in [3.63, 3.8) is 0 Å². The molecule has 4 aromatic rings. The molecule has 0 fully saturated rings. The average Bonchev–Trinajstić information content (AvgIpc) is 3.20. The van der Waals surface area contributed by atoms with Crippen molar-refractivity contribution in [2.75, 3.05) is 0 Å². The number of nitrogens with one attached hydrogen (secondary N) is 2. The number of fused-ring (bicyclic) bond motifs is 3. The first-order chi connectivity index (χ1) is 12.1. The Morgan fingerprint density at radius 3 is 2.36 bits per heavy atom. The Labute approximate surface area is 147 Å². The van der Waals surface area contributed by atoms with E-state index in [1.807, 2.05) is 37.4 Å². The van der Waals surface area contributed by atoms with Crippen LogP contribution in [0.3, 0.4) is 0 Å². The van der Waals surface area contributed by atoms with E-state index in [2.05, 4.69) is 21.5 Å². The second-order valence-electron chi connectivity index (χ2n) is 5.68.